The molecule has 0 aliphatic carbocycles. The Labute approximate surface area is 135 Å². The summed E-state index contributed by atoms with van der Waals surface area (Å²) in [5, 5.41) is 13.0. The number of nitrogens with zero attached hydrogens (tertiary/aromatic N) is 3. The summed E-state index contributed by atoms with van der Waals surface area (Å²) in [5.74, 6) is -0.754. The maximum absolute atomic E-state index is 12.0. The van der Waals surface area contributed by atoms with Crippen molar-refractivity contribution < 1.29 is 24.2 Å². The van der Waals surface area contributed by atoms with E-state index in [2.05, 4.69) is 5.10 Å². The molecule has 2 rings (SSSR count). The zero-order valence-electron chi connectivity index (χ0n) is 13.9. The molecule has 23 heavy (non-hydrogen) atoms. The van der Waals surface area contributed by atoms with Crippen molar-refractivity contribution in [1.29, 1.82) is 0 Å². The van der Waals surface area contributed by atoms with Crippen LogP contribution in [0.2, 0.25) is 0 Å². The molecule has 1 fully saturated rings. The van der Waals surface area contributed by atoms with Gasteiger partial charge in [-0.1, -0.05) is 0 Å². The highest BCUT2D eigenvalue weighted by Gasteiger charge is 2.28. The molecule has 1 saturated heterocycles. The van der Waals surface area contributed by atoms with Gasteiger partial charge < -0.3 is 19.5 Å². The standard InChI is InChI=1S/C15H23N3O5/c1-15(2,3)23-14(21)18-7-5-10(6-8-18)22-12-9-11(13(19)20)17(4)16-12/h9-10H,5-8H2,1-4H3,(H,19,20). The van der Waals surface area contributed by atoms with Crippen LogP contribution in [0.4, 0.5) is 4.79 Å². The van der Waals surface area contributed by atoms with Crippen LogP contribution in [0.25, 0.3) is 0 Å². The number of aromatic carboxylic acids is 1. The van der Waals surface area contributed by atoms with E-state index >= 15 is 0 Å². The van der Waals surface area contributed by atoms with Gasteiger partial charge in [0.05, 0.1) is 0 Å². The van der Waals surface area contributed by atoms with Crippen molar-refractivity contribution in [3.63, 3.8) is 0 Å². The van der Waals surface area contributed by atoms with Gasteiger partial charge in [0.15, 0.2) is 0 Å². The number of likely N-dealkylation sites (tertiary alicyclic amines) is 1. The van der Waals surface area contributed by atoms with E-state index in [0.717, 1.165) is 0 Å². The van der Waals surface area contributed by atoms with Crippen LogP contribution in [0.5, 0.6) is 5.88 Å². The first-order valence-electron chi connectivity index (χ1n) is 7.57. The second-order valence-electron chi connectivity index (χ2n) is 6.58. The molecule has 1 aromatic heterocycles. The van der Waals surface area contributed by atoms with Crippen molar-refractivity contribution in [2.24, 2.45) is 7.05 Å². The van der Waals surface area contributed by atoms with Gasteiger partial charge in [0, 0.05) is 39.0 Å². The van der Waals surface area contributed by atoms with Crippen LogP contribution < -0.4 is 4.74 Å². The first-order valence-corrected chi connectivity index (χ1v) is 7.57. The van der Waals surface area contributed by atoms with E-state index in [1.807, 2.05) is 20.8 Å². The van der Waals surface area contributed by atoms with Gasteiger partial charge in [0.2, 0.25) is 5.88 Å². The number of aromatic nitrogens is 2. The predicted molar refractivity (Wildman–Crippen MR) is 81.6 cm³/mol. The summed E-state index contributed by atoms with van der Waals surface area (Å²) < 4.78 is 12.3. The van der Waals surface area contributed by atoms with Crippen molar-refractivity contribution in [3.8, 4) is 5.88 Å². The van der Waals surface area contributed by atoms with E-state index in [9.17, 15) is 9.59 Å². The Morgan fingerprint density at radius 1 is 1.30 bits per heavy atom. The first kappa shape index (κ1) is 17.1. The van der Waals surface area contributed by atoms with Gasteiger partial charge >= 0.3 is 12.1 Å². The first-order chi connectivity index (χ1) is 10.7. The highest BCUT2D eigenvalue weighted by molar-refractivity contribution is 5.85. The molecule has 8 nitrogen and oxygen atoms in total. The van der Waals surface area contributed by atoms with Gasteiger partial charge in [0.1, 0.15) is 17.4 Å². The van der Waals surface area contributed by atoms with Crippen LogP contribution >= 0.6 is 0 Å². The van der Waals surface area contributed by atoms with Gasteiger partial charge in [-0.05, 0) is 20.8 Å². The van der Waals surface area contributed by atoms with Crippen molar-refractivity contribution in [1.82, 2.24) is 14.7 Å². The van der Waals surface area contributed by atoms with Crippen LogP contribution in [-0.2, 0) is 11.8 Å². The number of hydrogen-bond acceptors (Lipinski definition) is 5. The summed E-state index contributed by atoms with van der Waals surface area (Å²) in [4.78, 5) is 24.6. The summed E-state index contributed by atoms with van der Waals surface area (Å²) in [5.41, 5.74) is -0.433. The van der Waals surface area contributed by atoms with Crippen LogP contribution in [0.3, 0.4) is 0 Å². The summed E-state index contributed by atoms with van der Waals surface area (Å²) in [7, 11) is 1.56. The van der Waals surface area contributed by atoms with Crippen LogP contribution in [0.15, 0.2) is 6.07 Å². The van der Waals surface area contributed by atoms with E-state index in [1.54, 1.807) is 11.9 Å². The quantitative estimate of drug-likeness (QED) is 0.912. The minimum absolute atomic E-state index is 0.0752. The normalized spacial score (nSPS) is 16.3. The average Bonchev–Trinajstić information content (AvgIpc) is 2.78. The minimum Gasteiger partial charge on any atom is -0.477 e. The van der Waals surface area contributed by atoms with Crippen LogP contribution in [0.1, 0.15) is 44.1 Å². The summed E-state index contributed by atoms with van der Waals surface area (Å²) in [6.07, 6.45) is 0.892. The number of carboxylic acid groups (broad SMARTS) is 1. The Bertz CT molecular complexity index is 582. The average molecular weight is 325 g/mol. The Morgan fingerprint density at radius 2 is 1.91 bits per heavy atom. The number of rotatable bonds is 3. The van der Waals surface area contributed by atoms with Gasteiger partial charge in [-0.15, -0.1) is 5.10 Å². The second-order valence-corrected chi connectivity index (χ2v) is 6.58. The highest BCUT2D eigenvalue weighted by atomic mass is 16.6. The zero-order chi connectivity index (χ0) is 17.2. The number of aryl methyl sites for hydroxylation is 1. The zero-order valence-corrected chi connectivity index (χ0v) is 13.9. The molecule has 128 valence electrons. The Morgan fingerprint density at radius 3 is 2.39 bits per heavy atom. The number of carbonyl (C=O) groups excluding carboxylic acids is 1. The number of amides is 1. The molecule has 1 aromatic rings. The maximum Gasteiger partial charge on any atom is 0.410 e. The number of carbonyl (C=O) groups is 2. The number of hydrogen-bond donors (Lipinski definition) is 1. The maximum atomic E-state index is 12.0. The third-order valence-electron chi connectivity index (χ3n) is 3.46. The molecule has 0 spiro atoms. The van der Waals surface area contributed by atoms with Crippen molar-refractivity contribution in [2.75, 3.05) is 13.1 Å². The van der Waals surface area contributed by atoms with E-state index in [0.29, 0.717) is 31.8 Å². The fourth-order valence-corrected chi connectivity index (χ4v) is 2.35. The minimum atomic E-state index is -1.05. The monoisotopic (exact) mass is 325 g/mol. The van der Waals surface area contributed by atoms with Crippen LogP contribution in [0, 0.1) is 0 Å². The molecule has 1 N–H and O–H groups in total. The lowest BCUT2D eigenvalue weighted by molar-refractivity contribution is 0.0122. The van der Waals surface area contributed by atoms with Gasteiger partial charge in [-0.25, -0.2) is 9.59 Å². The molecule has 0 unspecified atom stereocenters. The Hall–Kier alpha value is -2.25. The molecule has 8 heteroatoms. The summed E-state index contributed by atoms with van der Waals surface area (Å²) in [6.45, 7) is 6.59. The van der Waals surface area contributed by atoms with E-state index in [-0.39, 0.29) is 17.9 Å². The lowest BCUT2D eigenvalue weighted by atomic mass is 10.1. The predicted octanol–water partition coefficient (Wildman–Crippen LogP) is 1.90. The van der Waals surface area contributed by atoms with Gasteiger partial charge in [-0.2, -0.15) is 0 Å². The molecule has 2 heterocycles. The molecule has 0 bridgehead atoms. The fraction of sp³-hybridized carbons (Fsp3) is 0.667. The number of carboxylic acids is 1. The lowest BCUT2D eigenvalue weighted by Crippen LogP contribution is -2.44. The van der Waals surface area contributed by atoms with E-state index < -0.39 is 11.6 Å². The van der Waals surface area contributed by atoms with Gasteiger partial charge in [0.25, 0.3) is 0 Å². The lowest BCUT2D eigenvalue weighted by Gasteiger charge is -2.33. The molecule has 1 amide bonds. The fourth-order valence-electron chi connectivity index (χ4n) is 2.35. The highest BCUT2D eigenvalue weighted by Crippen LogP contribution is 2.20. The topological polar surface area (TPSA) is 93.9 Å². The number of piperidine rings is 1. The van der Waals surface area contributed by atoms with Gasteiger partial charge in [-0.3, -0.25) is 4.68 Å². The van der Waals surface area contributed by atoms with Crippen LogP contribution in [-0.4, -0.2) is 56.6 Å². The molecular formula is C15H23N3O5. The Balaban J connectivity index is 1.86. The Kier molecular flexibility index (Phi) is 4.82. The van der Waals surface area contributed by atoms with E-state index in [1.165, 1.54) is 10.7 Å². The number of ether oxygens (including phenoxy) is 2. The molecule has 1 aliphatic heterocycles. The third-order valence-corrected chi connectivity index (χ3v) is 3.46. The SMILES string of the molecule is Cn1nc(OC2CCN(C(=O)OC(C)(C)C)CC2)cc1C(=O)O. The molecule has 0 aromatic carbocycles. The summed E-state index contributed by atoms with van der Waals surface area (Å²) >= 11 is 0. The largest absolute Gasteiger partial charge is 0.477 e. The van der Waals surface area contributed by atoms with E-state index in [4.69, 9.17) is 14.6 Å². The van der Waals surface area contributed by atoms with Crippen molar-refractivity contribution in [3.05, 3.63) is 11.8 Å². The summed E-state index contributed by atoms with van der Waals surface area (Å²) in [6, 6.07) is 1.41. The molecule has 0 radical (unpaired) electrons. The molecule has 0 saturated carbocycles. The second kappa shape index (κ2) is 6.47. The smallest absolute Gasteiger partial charge is 0.410 e. The van der Waals surface area contributed by atoms with Crippen molar-refractivity contribution >= 4 is 12.1 Å². The molecular weight excluding hydrogens is 302 g/mol. The van der Waals surface area contributed by atoms with Crippen molar-refractivity contribution in [2.45, 2.75) is 45.3 Å². The third kappa shape index (κ3) is 4.61. The molecule has 0 atom stereocenters. The molecule has 1 aliphatic rings.